The van der Waals surface area contributed by atoms with Crippen molar-refractivity contribution in [1.82, 2.24) is 9.80 Å². The van der Waals surface area contributed by atoms with Crippen LogP contribution in [0.15, 0.2) is 12.1 Å². The largest absolute Gasteiger partial charge is 0.496 e. The van der Waals surface area contributed by atoms with E-state index >= 15 is 0 Å². The predicted molar refractivity (Wildman–Crippen MR) is 98.8 cm³/mol. The van der Waals surface area contributed by atoms with E-state index in [4.69, 9.17) is 27.9 Å². The minimum atomic E-state index is -0.596. The third-order valence-electron chi connectivity index (χ3n) is 5.41. The van der Waals surface area contributed by atoms with Gasteiger partial charge in [0.25, 0.3) is 0 Å². The van der Waals surface area contributed by atoms with Crippen molar-refractivity contribution in [1.29, 1.82) is 0 Å². The van der Waals surface area contributed by atoms with Crippen LogP contribution in [0.25, 0.3) is 0 Å². The fourth-order valence-corrected chi connectivity index (χ4v) is 4.53. The summed E-state index contributed by atoms with van der Waals surface area (Å²) in [4.78, 5) is 28.0. The molecular weight excluding hydrogens is 379 g/mol. The number of piperidine rings is 1. The molecule has 0 unspecified atom stereocenters. The molecule has 0 radical (unpaired) electrons. The van der Waals surface area contributed by atoms with Crippen LogP contribution in [-0.4, -0.2) is 65.6 Å². The van der Waals surface area contributed by atoms with E-state index in [1.807, 2.05) is 4.90 Å². The molecular formula is C18H22Cl2N2O4. The zero-order valence-corrected chi connectivity index (χ0v) is 16.3. The van der Waals surface area contributed by atoms with E-state index in [0.717, 1.165) is 12.0 Å². The van der Waals surface area contributed by atoms with Gasteiger partial charge in [-0.1, -0.05) is 23.2 Å². The van der Waals surface area contributed by atoms with Crippen LogP contribution in [0.4, 0.5) is 0 Å². The molecule has 0 spiro atoms. The molecule has 0 bridgehead atoms. The summed E-state index contributed by atoms with van der Waals surface area (Å²) in [6.45, 7) is 2.10. The van der Waals surface area contributed by atoms with Crippen molar-refractivity contribution >= 4 is 35.0 Å². The second kappa shape index (κ2) is 7.62. The Balaban J connectivity index is 1.88. The van der Waals surface area contributed by atoms with E-state index in [0.29, 0.717) is 35.3 Å². The van der Waals surface area contributed by atoms with Gasteiger partial charge < -0.3 is 19.6 Å². The standard InChI is InChI=1S/C18H22Cl2N2O4/c1-10-18(25)21-6-5-11(7-12(21)8-22(10)15(24)9-23)16-14(26-2)4-3-13(19)17(16)20/h3-4,10-12,23H,5-9H2,1-2H3/t10-,11-,12+/m1/s1. The van der Waals surface area contributed by atoms with E-state index in [1.165, 1.54) is 4.90 Å². The Morgan fingerprint density at radius 1 is 1.38 bits per heavy atom. The maximum Gasteiger partial charge on any atom is 0.249 e. The first-order chi connectivity index (χ1) is 12.4. The van der Waals surface area contributed by atoms with Crippen LogP contribution in [0.3, 0.4) is 0 Å². The van der Waals surface area contributed by atoms with Gasteiger partial charge in [0.1, 0.15) is 18.4 Å². The minimum Gasteiger partial charge on any atom is -0.496 e. The van der Waals surface area contributed by atoms with E-state index in [-0.39, 0.29) is 17.9 Å². The summed E-state index contributed by atoms with van der Waals surface area (Å²) in [7, 11) is 1.59. The van der Waals surface area contributed by atoms with Gasteiger partial charge in [-0.25, -0.2) is 0 Å². The maximum atomic E-state index is 12.7. The monoisotopic (exact) mass is 400 g/mol. The van der Waals surface area contributed by atoms with Crippen molar-refractivity contribution in [3.8, 4) is 5.75 Å². The van der Waals surface area contributed by atoms with Crippen molar-refractivity contribution in [3.05, 3.63) is 27.7 Å². The molecule has 2 fully saturated rings. The molecule has 1 aromatic carbocycles. The number of hydrogen-bond acceptors (Lipinski definition) is 4. The molecule has 142 valence electrons. The van der Waals surface area contributed by atoms with E-state index in [9.17, 15) is 14.7 Å². The summed E-state index contributed by atoms with van der Waals surface area (Å²) in [6, 6.07) is 2.83. The lowest BCUT2D eigenvalue weighted by Crippen LogP contribution is -2.64. The SMILES string of the molecule is COc1ccc(Cl)c(Cl)c1[C@@H]1CCN2C(=O)[C@@H](C)N(C(=O)CO)C[C@@H]2C1. The number of rotatable bonds is 3. The highest BCUT2D eigenvalue weighted by molar-refractivity contribution is 6.42. The molecule has 2 saturated heterocycles. The average Bonchev–Trinajstić information content (AvgIpc) is 2.65. The van der Waals surface area contributed by atoms with E-state index in [1.54, 1.807) is 26.2 Å². The van der Waals surface area contributed by atoms with Crippen LogP contribution in [0.5, 0.6) is 5.75 Å². The normalized spacial score (nSPS) is 25.9. The number of hydrogen-bond donors (Lipinski definition) is 1. The number of nitrogens with zero attached hydrogens (tertiary/aromatic N) is 2. The summed E-state index contributed by atoms with van der Waals surface area (Å²) in [5, 5.41) is 10.1. The molecule has 1 aromatic rings. The number of aliphatic hydroxyl groups is 1. The first-order valence-electron chi connectivity index (χ1n) is 8.61. The van der Waals surface area contributed by atoms with Gasteiger partial charge in [0.15, 0.2) is 0 Å². The maximum absolute atomic E-state index is 12.7. The lowest BCUT2D eigenvalue weighted by Gasteiger charge is -2.48. The highest BCUT2D eigenvalue weighted by atomic mass is 35.5. The van der Waals surface area contributed by atoms with Crippen LogP contribution >= 0.6 is 23.2 Å². The lowest BCUT2D eigenvalue weighted by atomic mass is 9.83. The minimum absolute atomic E-state index is 0.0738. The van der Waals surface area contributed by atoms with Crippen molar-refractivity contribution in [2.24, 2.45) is 0 Å². The van der Waals surface area contributed by atoms with Gasteiger partial charge >= 0.3 is 0 Å². The number of fused-ring (bicyclic) bond motifs is 1. The first-order valence-corrected chi connectivity index (χ1v) is 9.37. The molecule has 3 atom stereocenters. The summed E-state index contributed by atoms with van der Waals surface area (Å²) < 4.78 is 5.46. The number of amides is 2. The van der Waals surface area contributed by atoms with Crippen LogP contribution in [0.2, 0.25) is 10.0 Å². The van der Waals surface area contributed by atoms with Gasteiger partial charge in [-0.05, 0) is 37.8 Å². The second-order valence-electron chi connectivity index (χ2n) is 6.76. The molecule has 0 aliphatic carbocycles. The molecule has 1 N–H and O–H groups in total. The number of ether oxygens (including phenoxy) is 1. The van der Waals surface area contributed by atoms with Crippen molar-refractivity contribution < 1.29 is 19.4 Å². The van der Waals surface area contributed by atoms with Gasteiger partial charge in [-0.15, -0.1) is 0 Å². The first kappa shape index (κ1) is 19.3. The number of carbonyl (C=O) groups excluding carboxylic acids is 2. The number of carbonyl (C=O) groups is 2. The molecule has 26 heavy (non-hydrogen) atoms. The fourth-order valence-electron chi connectivity index (χ4n) is 4.05. The average molecular weight is 401 g/mol. The van der Waals surface area contributed by atoms with Crippen LogP contribution < -0.4 is 4.74 Å². The van der Waals surface area contributed by atoms with E-state index in [2.05, 4.69) is 0 Å². The van der Waals surface area contributed by atoms with Crippen LogP contribution in [-0.2, 0) is 9.59 Å². The fraction of sp³-hybridized carbons (Fsp3) is 0.556. The summed E-state index contributed by atoms with van der Waals surface area (Å²) in [6.07, 6.45) is 1.41. The topological polar surface area (TPSA) is 70.1 Å². The summed E-state index contributed by atoms with van der Waals surface area (Å²) in [5.74, 6) is 0.248. The molecule has 2 aliphatic rings. The highest BCUT2D eigenvalue weighted by Gasteiger charge is 2.43. The Bertz CT molecular complexity index is 727. The summed E-state index contributed by atoms with van der Waals surface area (Å²) >= 11 is 12.6. The second-order valence-corrected chi connectivity index (χ2v) is 7.55. The Morgan fingerprint density at radius 2 is 2.12 bits per heavy atom. The molecule has 3 rings (SSSR count). The number of benzene rings is 1. The lowest BCUT2D eigenvalue weighted by molar-refractivity contribution is -0.157. The number of aliphatic hydroxyl groups excluding tert-OH is 1. The molecule has 6 nitrogen and oxygen atoms in total. The Kier molecular flexibility index (Phi) is 5.65. The zero-order chi connectivity index (χ0) is 19.0. The Hall–Kier alpha value is -1.50. The molecule has 0 saturated carbocycles. The number of piperazine rings is 1. The van der Waals surface area contributed by atoms with Crippen molar-refractivity contribution in [2.45, 2.75) is 37.8 Å². The molecule has 2 amide bonds. The molecule has 2 heterocycles. The smallest absolute Gasteiger partial charge is 0.249 e. The van der Waals surface area contributed by atoms with Gasteiger partial charge in [0.05, 0.1) is 17.2 Å². The van der Waals surface area contributed by atoms with Crippen LogP contribution in [0.1, 0.15) is 31.2 Å². The molecule has 8 heteroatoms. The third kappa shape index (κ3) is 3.26. The summed E-state index contributed by atoms with van der Waals surface area (Å²) in [5.41, 5.74) is 0.854. The van der Waals surface area contributed by atoms with Crippen molar-refractivity contribution in [3.63, 3.8) is 0 Å². The van der Waals surface area contributed by atoms with Crippen LogP contribution in [0, 0.1) is 0 Å². The third-order valence-corrected chi connectivity index (χ3v) is 6.23. The van der Waals surface area contributed by atoms with Crippen molar-refractivity contribution in [2.75, 3.05) is 26.8 Å². The quantitative estimate of drug-likeness (QED) is 0.844. The molecule has 2 aliphatic heterocycles. The van der Waals surface area contributed by atoms with Gasteiger partial charge in [0, 0.05) is 24.7 Å². The predicted octanol–water partition coefficient (Wildman–Crippen LogP) is 2.30. The highest BCUT2D eigenvalue weighted by Crippen LogP contribution is 2.44. The van der Waals surface area contributed by atoms with Gasteiger partial charge in [-0.3, -0.25) is 9.59 Å². The Morgan fingerprint density at radius 3 is 2.77 bits per heavy atom. The zero-order valence-electron chi connectivity index (χ0n) is 14.7. The number of halogens is 2. The Labute approximate surface area is 162 Å². The van der Waals surface area contributed by atoms with Gasteiger partial charge in [-0.2, -0.15) is 0 Å². The van der Waals surface area contributed by atoms with E-state index < -0.39 is 18.6 Å². The molecule has 0 aromatic heterocycles. The van der Waals surface area contributed by atoms with Gasteiger partial charge in [0.2, 0.25) is 11.8 Å². The number of methoxy groups -OCH3 is 1.